The maximum absolute atomic E-state index is 11.5. The Morgan fingerprint density at radius 3 is 2.41 bits per heavy atom. The molecule has 3 aromatic rings. The third-order valence-corrected chi connectivity index (χ3v) is 4.44. The van der Waals surface area contributed by atoms with Crippen molar-refractivity contribution in [1.82, 2.24) is 10.2 Å². The number of benzene rings is 2. The molecule has 22 heavy (non-hydrogen) atoms. The zero-order chi connectivity index (χ0) is 15.9. The maximum atomic E-state index is 11.5. The van der Waals surface area contributed by atoms with E-state index in [0.29, 0.717) is 11.2 Å². The Bertz CT molecular complexity index is 975. The average molecular weight is 317 g/mol. The van der Waals surface area contributed by atoms with Crippen LogP contribution in [0.25, 0.3) is 22.2 Å². The number of aromatic amines is 1. The predicted molar refractivity (Wildman–Crippen MR) is 81.3 cm³/mol. The highest BCUT2D eigenvalue weighted by Crippen LogP contribution is 2.29. The van der Waals surface area contributed by atoms with Crippen LogP contribution in [-0.2, 0) is 9.84 Å². The summed E-state index contributed by atoms with van der Waals surface area (Å²) in [7, 11) is -3.25. The average Bonchev–Trinajstić information content (AvgIpc) is 2.89. The molecule has 8 heteroatoms. The molecule has 0 bridgehead atoms. The molecule has 0 radical (unpaired) electrons. The number of nitrogens with one attached hydrogen (secondary N) is 1. The van der Waals surface area contributed by atoms with Crippen LogP contribution in [0.1, 0.15) is 0 Å². The number of rotatable bonds is 3. The van der Waals surface area contributed by atoms with E-state index in [1.165, 1.54) is 24.3 Å². The fraction of sp³-hybridized carbons (Fsp3) is 0.0714. The Morgan fingerprint density at radius 2 is 1.82 bits per heavy atom. The Hall–Kier alpha value is -2.74. The topological polar surface area (TPSA) is 106 Å². The summed E-state index contributed by atoms with van der Waals surface area (Å²) >= 11 is 0. The van der Waals surface area contributed by atoms with Crippen LogP contribution >= 0.6 is 0 Å². The van der Waals surface area contributed by atoms with Crippen LogP contribution in [0.4, 0.5) is 5.69 Å². The summed E-state index contributed by atoms with van der Waals surface area (Å²) < 4.78 is 22.9. The summed E-state index contributed by atoms with van der Waals surface area (Å²) in [4.78, 5) is 10.5. The molecule has 2 aromatic carbocycles. The molecule has 3 rings (SSSR count). The number of hydrogen-bond acceptors (Lipinski definition) is 5. The number of nitro benzene ring substituents is 1. The number of nitrogens with zero attached hydrogens (tertiary/aromatic N) is 2. The minimum absolute atomic E-state index is 0.0184. The largest absolute Gasteiger partial charge is 0.277 e. The fourth-order valence-electron chi connectivity index (χ4n) is 2.20. The summed E-state index contributed by atoms with van der Waals surface area (Å²) in [6, 6.07) is 10.8. The van der Waals surface area contributed by atoms with Crippen LogP contribution in [0, 0.1) is 10.1 Å². The molecule has 0 atom stereocenters. The Balaban J connectivity index is 2.09. The van der Waals surface area contributed by atoms with E-state index < -0.39 is 14.8 Å². The molecule has 0 saturated heterocycles. The van der Waals surface area contributed by atoms with Gasteiger partial charge in [-0.15, -0.1) is 0 Å². The lowest BCUT2D eigenvalue weighted by atomic mass is 10.1. The molecule has 0 saturated carbocycles. The molecule has 0 spiro atoms. The molecule has 112 valence electrons. The SMILES string of the molecule is CS(=O)(=O)c1ccc(-c2n[nH]c3cc([N+](=O)[O-])ccc23)cc1. The molecule has 7 nitrogen and oxygen atoms in total. The van der Waals surface area contributed by atoms with Gasteiger partial charge in [0.1, 0.15) is 0 Å². The van der Waals surface area contributed by atoms with Gasteiger partial charge in [-0.05, 0) is 18.2 Å². The fourth-order valence-corrected chi connectivity index (χ4v) is 2.83. The van der Waals surface area contributed by atoms with Crippen LogP contribution in [0.5, 0.6) is 0 Å². The van der Waals surface area contributed by atoms with Crippen molar-refractivity contribution in [3.63, 3.8) is 0 Å². The molecule has 1 aromatic heterocycles. The van der Waals surface area contributed by atoms with E-state index in [-0.39, 0.29) is 10.6 Å². The van der Waals surface area contributed by atoms with Gasteiger partial charge in [-0.25, -0.2) is 8.42 Å². The third kappa shape index (κ3) is 2.44. The normalized spacial score (nSPS) is 11.7. The van der Waals surface area contributed by atoms with Gasteiger partial charge < -0.3 is 0 Å². The van der Waals surface area contributed by atoms with E-state index >= 15 is 0 Å². The van der Waals surface area contributed by atoms with Crippen LogP contribution in [0.3, 0.4) is 0 Å². The number of fused-ring (bicyclic) bond motifs is 1. The van der Waals surface area contributed by atoms with Gasteiger partial charge in [0, 0.05) is 29.3 Å². The van der Waals surface area contributed by atoms with E-state index in [4.69, 9.17) is 0 Å². The molecule has 1 N–H and O–H groups in total. The highest BCUT2D eigenvalue weighted by molar-refractivity contribution is 7.90. The minimum Gasteiger partial charge on any atom is -0.277 e. The van der Waals surface area contributed by atoms with Gasteiger partial charge in [0.05, 0.1) is 21.0 Å². The summed E-state index contributed by atoms with van der Waals surface area (Å²) in [6.45, 7) is 0. The minimum atomic E-state index is -3.25. The number of H-pyrrole nitrogens is 1. The van der Waals surface area contributed by atoms with E-state index in [2.05, 4.69) is 10.2 Å². The molecular weight excluding hydrogens is 306 g/mol. The molecule has 1 heterocycles. The monoisotopic (exact) mass is 317 g/mol. The number of sulfone groups is 1. The second-order valence-electron chi connectivity index (χ2n) is 4.86. The lowest BCUT2D eigenvalue weighted by molar-refractivity contribution is -0.384. The first-order chi connectivity index (χ1) is 10.4. The van der Waals surface area contributed by atoms with Gasteiger partial charge in [-0.2, -0.15) is 5.10 Å². The van der Waals surface area contributed by atoms with Crippen molar-refractivity contribution in [2.75, 3.05) is 6.26 Å². The van der Waals surface area contributed by atoms with Gasteiger partial charge in [-0.3, -0.25) is 15.2 Å². The van der Waals surface area contributed by atoms with Crippen LogP contribution < -0.4 is 0 Å². The number of nitro groups is 1. The second kappa shape index (κ2) is 4.92. The lowest BCUT2D eigenvalue weighted by Gasteiger charge is -2.01. The van der Waals surface area contributed by atoms with E-state index in [9.17, 15) is 18.5 Å². The predicted octanol–water partition coefficient (Wildman–Crippen LogP) is 2.54. The standard InChI is InChI=1S/C14H11N3O4S/c1-22(20,21)11-5-2-9(3-6-11)14-12-7-4-10(17(18)19)8-13(12)15-16-14/h2-8H,1H3,(H,15,16). The zero-order valence-corrected chi connectivity index (χ0v) is 12.3. The molecule has 0 aliphatic rings. The van der Waals surface area contributed by atoms with Crippen LogP contribution in [-0.4, -0.2) is 29.8 Å². The zero-order valence-electron chi connectivity index (χ0n) is 11.5. The van der Waals surface area contributed by atoms with Crippen molar-refractivity contribution >= 4 is 26.4 Å². The Labute approximate surface area is 125 Å². The first-order valence-corrected chi connectivity index (χ1v) is 8.18. The molecule has 0 amide bonds. The third-order valence-electron chi connectivity index (χ3n) is 3.31. The van der Waals surface area contributed by atoms with Crippen molar-refractivity contribution in [2.24, 2.45) is 0 Å². The Kier molecular flexibility index (Phi) is 3.18. The van der Waals surface area contributed by atoms with E-state index in [1.807, 2.05) is 0 Å². The summed E-state index contributed by atoms with van der Waals surface area (Å²) in [5, 5.41) is 18.4. The Morgan fingerprint density at radius 1 is 1.14 bits per heavy atom. The van der Waals surface area contributed by atoms with Gasteiger partial charge in [0.25, 0.3) is 5.69 Å². The van der Waals surface area contributed by atoms with Crippen molar-refractivity contribution in [3.8, 4) is 11.3 Å². The first-order valence-electron chi connectivity index (χ1n) is 6.29. The molecule has 0 aliphatic carbocycles. The van der Waals surface area contributed by atoms with Crippen LogP contribution in [0.15, 0.2) is 47.4 Å². The highest BCUT2D eigenvalue weighted by Gasteiger charge is 2.13. The van der Waals surface area contributed by atoms with Crippen LogP contribution in [0.2, 0.25) is 0 Å². The van der Waals surface area contributed by atoms with Crippen molar-refractivity contribution in [3.05, 3.63) is 52.6 Å². The highest BCUT2D eigenvalue weighted by atomic mass is 32.2. The van der Waals surface area contributed by atoms with Crippen molar-refractivity contribution in [1.29, 1.82) is 0 Å². The van der Waals surface area contributed by atoms with Gasteiger partial charge in [0.2, 0.25) is 0 Å². The van der Waals surface area contributed by atoms with Gasteiger partial charge in [-0.1, -0.05) is 12.1 Å². The number of hydrogen-bond donors (Lipinski definition) is 1. The molecule has 0 aliphatic heterocycles. The van der Waals surface area contributed by atoms with E-state index in [0.717, 1.165) is 17.2 Å². The summed E-state index contributed by atoms with van der Waals surface area (Å²) in [5.41, 5.74) is 1.88. The number of aromatic nitrogens is 2. The van der Waals surface area contributed by atoms with Crippen molar-refractivity contribution < 1.29 is 13.3 Å². The van der Waals surface area contributed by atoms with Gasteiger partial charge in [0.15, 0.2) is 9.84 Å². The quantitative estimate of drug-likeness (QED) is 0.590. The number of non-ortho nitro benzene ring substituents is 1. The van der Waals surface area contributed by atoms with E-state index in [1.54, 1.807) is 18.2 Å². The second-order valence-corrected chi connectivity index (χ2v) is 6.87. The van der Waals surface area contributed by atoms with Crippen molar-refractivity contribution in [2.45, 2.75) is 4.90 Å². The van der Waals surface area contributed by atoms with Gasteiger partial charge >= 0.3 is 0 Å². The maximum Gasteiger partial charge on any atom is 0.271 e. The smallest absolute Gasteiger partial charge is 0.271 e. The lowest BCUT2D eigenvalue weighted by Crippen LogP contribution is -1.96. The summed E-state index contributed by atoms with van der Waals surface area (Å²) in [5.74, 6) is 0. The molecular formula is C14H11N3O4S. The molecule has 0 fully saturated rings. The first kappa shape index (κ1) is 14.2. The molecule has 0 unspecified atom stereocenters. The summed E-state index contributed by atoms with van der Waals surface area (Å²) in [6.07, 6.45) is 1.14.